The van der Waals surface area contributed by atoms with Crippen molar-refractivity contribution in [1.29, 1.82) is 0 Å². The second kappa shape index (κ2) is 13.1. The van der Waals surface area contributed by atoms with Crippen molar-refractivity contribution in [3.63, 3.8) is 0 Å². The summed E-state index contributed by atoms with van der Waals surface area (Å²) < 4.78 is 5.38. The molecule has 0 saturated heterocycles. The van der Waals surface area contributed by atoms with Crippen LogP contribution in [0.25, 0.3) is 10.8 Å². The van der Waals surface area contributed by atoms with E-state index < -0.39 is 29.5 Å². The van der Waals surface area contributed by atoms with Crippen LogP contribution in [0.1, 0.15) is 57.7 Å². The molecule has 1 unspecified atom stereocenters. The largest absolute Gasteiger partial charge is 0.444 e. The number of fused-ring (bicyclic) bond motifs is 2. The van der Waals surface area contributed by atoms with Gasteiger partial charge in [-0.25, -0.2) is 4.79 Å². The quantitative estimate of drug-likeness (QED) is 0.316. The molecule has 0 radical (unpaired) electrons. The van der Waals surface area contributed by atoms with Crippen LogP contribution in [0.3, 0.4) is 0 Å². The Kier molecular flexibility index (Phi) is 9.74. The number of hydrogen-bond acceptors (Lipinski definition) is 5. The molecule has 4 rings (SSSR count). The monoisotopic (exact) mass is 571 g/mol. The zero-order chi connectivity index (χ0) is 30.5. The van der Waals surface area contributed by atoms with Gasteiger partial charge in [-0.15, -0.1) is 0 Å². The molecule has 1 aliphatic rings. The van der Waals surface area contributed by atoms with Crippen molar-refractivity contribution in [1.82, 2.24) is 15.1 Å². The third kappa shape index (κ3) is 8.43. The summed E-state index contributed by atoms with van der Waals surface area (Å²) >= 11 is 0. The van der Waals surface area contributed by atoms with E-state index >= 15 is 0 Å². The van der Waals surface area contributed by atoms with Gasteiger partial charge >= 0.3 is 6.09 Å². The summed E-state index contributed by atoms with van der Waals surface area (Å²) in [4.78, 5) is 29.4. The van der Waals surface area contributed by atoms with Gasteiger partial charge in [-0.1, -0.05) is 72.8 Å². The lowest BCUT2D eigenvalue weighted by Crippen LogP contribution is -2.54. The van der Waals surface area contributed by atoms with Crippen LogP contribution in [0.2, 0.25) is 0 Å². The Hall–Kier alpha value is -3.68. The molecule has 1 heterocycles. The number of amides is 2. The highest BCUT2D eigenvalue weighted by Crippen LogP contribution is 2.25. The minimum absolute atomic E-state index is 0.203. The normalized spacial score (nSPS) is 15.7. The van der Waals surface area contributed by atoms with Gasteiger partial charge in [-0.3, -0.25) is 9.69 Å². The molecule has 2 amide bonds. The number of alkyl carbamates (subject to hydrolysis) is 1. The van der Waals surface area contributed by atoms with Crippen LogP contribution in [-0.2, 0) is 28.9 Å². The summed E-state index contributed by atoms with van der Waals surface area (Å²) in [6.45, 7) is 10.6. The molecular formula is C35H45N3O4. The van der Waals surface area contributed by atoms with E-state index in [2.05, 4.69) is 58.7 Å². The lowest BCUT2D eigenvalue weighted by atomic mass is 9.96. The SMILES string of the molecule is CN(C(=O)/C=C/CC(C)(C)NC(=O)OC(C)(C)C)[C@H](Cc1ccc2ccccc2c1)C(O)N1CCc2ccccc2C1. The fourth-order valence-electron chi connectivity index (χ4n) is 5.40. The standard InChI is InChI=1S/C35H45N3O4/c1-34(2,3)42-33(41)36-35(4,5)20-11-16-31(39)37(6)30(23-25-17-18-26-12-7-9-14-28(26)22-25)32(40)38-21-19-27-13-8-10-15-29(27)24-38/h7-18,22,30,32,40H,19-21,23-24H2,1-6H3,(H,36,41)/b16-11+/t30-,32?/m1/s1. The highest BCUT2D eigenvalue weighted by molar-refractivity contribution is 5.88. The predicted molar refractivity (Wildman–Crippen MR) is 168 cm³/mol. The van der Waals surface area contributed by atoms with Gasteiger partial charge in [-0.2, -0.15) is 0 Å². The minimum Gasteiger partial charge on any atom is -0.444 e. The molecule has 2 atom stereocenters. The lowest BCUT2D eigenvalue weighted by molar-refractivity contribution is -0.134. The minimum atomic E-state index is -0.850. The summed E-state index contributed by atoms with van der Waals surface area (Å²) in [6, 6.07) is 22.4. The third-order valence-electron chi connectivity index (χ3n) is 7.71. The van der Waals surface area contributed by atoms with E-state index in [0.29, 0.717) is 19.4 Å². The number of carbonyl (C=O) groups excluding carboxylic acids is 2. The average Bonchev–Trinajstić information content (AvgIpc) is 2.93. The molecule has 42 heavy (non-hydrogen) atoms. The molecule has 0 spiro atoms. The maximum atomic E-state index is 13.5. The maximum Gasteiger partial charge on any atom is 0.408 e. The molecule has 224 valence electrons. The zero-order valence-corrected chi connectivity index (χ0v) is 25.8. The van der Waals surface area contributed by atoms with E-state index in [1.807, 2.05) is 52.8 Å². The lowest BCUT2D eigenvalue weighted by Gasteiger charge is -2.40. The first-order chi connectivity index (χ1) is 19.8. The Bertz CT molecular complexity index is 1430. The molecule has 3 aromatic carbocycles. The number of nitrogens with one attached hydrogen (secondary N) is 1. The Morgan fingerprint density at radius 3 is 2.38 bits per heavy atom. The highest BCUT2D eigenvalue weighted by atomic mass is 16.6. The van der Waals surface area contributed by atoms with Gasteiger partial charge in [0.25, 0.3) is 0 Å². The molecule has 7 heteroatoms. The number of likely N-dealkylation sites (N-methyl/N-ethyl adjacent to an activating group) is 1. The van der Waals surface area contributed by atoms with E-state index in [1.165, 1.54) is 17.2 Å². The second-order valence-corrected chi connectivity index (χ2v) is 12.9. The number of hydrogen-bond donors (Lipinski definition) is 2. The summed E-state index contributed by atoms with van der Waals surface area (Å²) in [5.41, 5.74) is 2.37. The smallest absolute Gasteiger partial charge is 0.408 e. The van der Waals surface area contributed by atoms with Gasteiger partial charge in [0, 0.05) is 25.7 Å². The van der Waals surface area contributed by atoms with Crippen LogP contribution < -0.4 is 5.32 Å². The molecule has 1 aliphatic heterocycles. The van der Waals surface area contributed by atoms with Crippen LogP contribution in [0.4, 0.5) is 4.79 Å². The predicted octanol–water partition coefficient (Wildman–Crippen LogP) is 5.84. The number of aliphatic hydroxyl groups is 1. The summed E-state index contributed by atoms with van der Waals surface area (Å²) in [5, 5.41) is 16.9. The van der Waals surface area contributed by atoms with Crippen molar-refractivity contribution in [2.45, 2.75) is 83.8 Å². The molecule has 2 N–H and O–H groups in total. The first-order valence-electron chi connectivity index (χ1n) is 14.7. The topological polar surface area (TPSA) is 82.1 Å². The van der Waals surface area contributed by atoms with Gasteiger partial charge in [0.1, 0.15) is 11.8 Å². The maximum absolute atomic E-state index is 13.5. The van der Waals surface area contributed by atoms with Crippen LogP contribution in [0.5, 0.6) is 0 Å². The van der Waals surface area contributed by atoms with E-state index in [0.717, 1.165) is 29.3 Å². The molecule has 0 bridgehead atoms. The van der Waals surface area contributed by atoms with Gasteiger partial charge in [0.05, 0.1) is 6.04 Å². The molecule has 0 saturated carbocycles. The fourth-order valence-corrected chi connectivity index (χ4v) is 5.40. The molecule has 7 nitrogen and oxygen atoms in total. The number of ether oxygens (including phenoxy) is 1. The Morgan fingerprint density at radius 2 is 1.67 bits per heavy atom. The van der Waals surface area contributed by atoms with Crippen LogP contribution in [-0.4, -0.2) is 63.9 Å². The van der Waals surface area contributed by atoms with Crippen LogP contribution in [0, 0.1) is 0 Å². The van der Waals surface area contributed by atoms with Crippen molar-refractivity contribution in [3.8, 4) is 0 Å². The highest BCUT2D eigenvalue weighted by Gasteiger charge is 2.33. The van der Waals surface area contributed by atoms with Gasteiger partial charge < -0.3 is 20.1 Å². The second-order valence-electron chi connectivity index (χ2n) is 12.9. The van der Waals surface area contributed by atoms with Crippen molar-refractivity contribution < 1.29 is 19.4 Å². The van der Waals surface area contributed by atoms with Crippen molar-refractivity contribution in [2.24, 2.45) is 0 Å². The Morgan fingerprint density at radius 1 is 1.00 bits per heavy atom. The van der Waals surface area contributed by atoms with Crippen molar-refractivity contribution in [3.05, 3.63) is 95.6 Å². The number of nitrogens with zero attached hydrogens (tertiary/aromatic N) is 2. The Balaban J connectivity index is 1.50. The first kappa shape index (κ1) is 31.3. The van der Waals surface area contributed by atoms with Crippen molar-refractivity contribution in [2.75, 3.05) is 13.6 Å². The van der Waals surface area contributed by atoms with E-state index in [-0.39, 0.29) is 5.91 Å². The summed E-state index contributed by atoms with van der Waals surface area (Å²) in [5.74, 6) is -0.203. The average molecular weight is 572 g/mol. The molecule has 0 aliphatic carbocycles. The number of benzene rings is 3. The van der Waals surface area contributed by atoms with Crippen LogP contribution in [0.15, 0.2) is 78.9 Å². The van der Waals surface area contributed by atoms with E-state index in [9.17, 15) is 14.7 Å². The first-order valence-corrected chi connectivity index (χ1v) is 14.7. The van der Waals surface area contributed by atoms with Gasteiger partial charge in [0.2, 0.25) is 5.91 Å². The molecular weight excluding hydrogens is 526 g/mol. The summed E-state index contributed by atoms with van der Waals surface area (Å²) in [7, 11) is 1.75. The van der Waals surface area contributed by atoms with Crippen LogP contribution >= 0.6 is 0 Å². The molecule has 3 aromatic rings. The van der Waals surface area contributed by atoms with Gasteiger partial charge in [0.15, 0.2) is 0 Å². The summed E-state index contributed by atoms with van der Waals surface area (Å²) in [6.07, 6.45) is 3.76. The molecule has 0 fully saturated rings. The zero-order valence-electron chi connectivity index (χ0n) is 25.8. The van der Waals surface area contributed by atoms with Crippen molar-refractivity contribution >= 4 is 22.8 Å². The Labute approximate surface area is 250 Å². The number of carbonyl (C=O) groups is 2. The van der Waals surface area contributed by atoms with E-state index in [1.54, 1.807) is 18.0 Å². The van der Waals surface area contributed by atoms with Gasteiger partial charge in [-0.05, 0) is 87.4 Å². The third-order valence-corrected chi connectivity index (χ3v) is 7.71. The van der Waals surface area contributed by atoms with E-state index in [4.69, 9.17) is 4.74 Å². The number of rotatable bonds is 9. The molecule has 0 aromatic heterocycles. The number of aliphatic hydroxyl groups excluding tert-OH is 1. The fraction of sp³-hybridized carbons (Fsp3) is 0.429.